The molecule has 1 atom stereocenters. The highest BCUT2D eigenvalue weighted by atomic mass is 35.5. The molecule has 0 aliphatic carbocycles. The quantitative estimate of drug-likeness (QED) is 0.424. The lowest BCUT2D eigenvalue weighted by Gasteiger charge is -2.20. The molecule has 0 radical (unpaired) electrons. The Hall–Kier alpha value is -2.75. The van der Waals surface area contributed by atoms with E-state index in [2.05, 4.69) is 32.3 Å². The first-order valence-corrected chi connectivity index (χ1v) is 10.6. The fourth-order valence-corrected chi connectivity index (χ4v) is 3.90. The molecular weight excluding hydrogens is 422 g/mol. The summed E-state index contributed by atoms with van der Waals surface area (Å²) in [6, 6.07) is 14.7. The van der Waals surface area contributed by atoms with E-state index in [1.807, 2.05) is 55.1 Å². The molecule has 2 aromatic carbocycles. The van der Waals surface area contributed by atoms with Crippen LogP contribution in [0, 0.1) is 0 Å². The Bertz CT molecular complexity index is 1240. The summed E-state index contributed by atoms with van der Waals surface area (Å²) in [4.78, 5) is 14.8. The average molecular weight is 442 g/mol. The van der Waals surface area contributed by atoms with E-state index in [1.54, 1.807) is 12.1 Å². The highest BCUT2D eigenvalue weighted by Gasteiger charge is 2.21. The molecule has 0 spiro atoms. The molecule has 0 N–H and O–H groups in total. The summed E-state index contributed by atoms with van der Waals surface area (Å²) in [5.41, 5.74) is 1.29. The van der Waals surface area contributed by atoms with Crippen LogP contribution in [-0.2, 0) is 5.88 Å². The van der Waals surface area contributed by atoms with Crippen molar-refractivity contribution in [3.05, 3.63) is 69.7 Å². The molecule has 0 bridgehead atoms. The molecule has 0 fully saturated rings. The van der Waals surface area contributed by atoms with Gasteiger partial charge in [0.25, 0.3) is 5.56 Å². The van der Waals surface area contributed by atoms with Crippen LogP contribution in [0.1, 0.15) is 18.8 Å². The van der Waals surface area contributed by atoms with E-state index in [9.17, 15) is 4.79 Å². The van der Waals surface area contributed by atoms with Crippen LogP contribution >= 0.6 is 23.4 Å². The van der Waals surface area contributed by atoms with Crippen LogP contribution in [0.25, 0.3) is 16.6 Å². The SMILES string of the molecule is C[C@H](c1nnc(SCn2nnc3ccccc3c2=O)n1-c1ccc(Cl)cc1)N(C)C. The van der Waals surface area contributed by atoms with Crippen molar-refractivity contribution < 1.29 is 0 Å². The van der Waals surface area contributed by atoms with Gasteiger partial charge in [0.05, 0.1) is 17.3 Å². The molecule has 10 heteroatoms. The molecule has 0 saturated carbocycles. The maximum atomic E-state index is 12.7. The number of thioether (sulfide) groups is 1. The Kier molecular flexibility index (Phi) is 5.85. The van der Waals surface area contributed by atoms with Gasteiger partial charge in [0.2, 0.25) is 0 Å². The topological polar surface area (TPSA) is 81.7 Å². The lowest BCUT2D eigenvalue weighted by molar-refractivity contribution is 0.305. The fraction of sp³-hybridized carbons (Fsp3) is 0.250. The summed E-state index contributed by atoms with van der Waals surface area (Å²) in [5.74, 6) is 1.06. The zero-order valence-corrected chi connectivity index (χ0v) is 18.3. The van der Waals surface area contributed by atoms with Crippen molar-refractivity contribution in [2.45, 2.75) is 24.0 Å². The molecule has 0 amide bonds. The van der Waals surface area contributed by atoms with Gasteiger partial charge in [0, 0.05) is 10.7 Å². The summed E-state index contributed by atoms with van der Waals surface area (Å²) < 4.78 is 3.31. The number of nitrogens with zero attached hydrogens (tertiary/aromatic N) is 7. The van der Waals surface area contributed by atoms with E-state index in [-0.39, 0.29) is 17.5 Å². The summed E-state index contributed by atoms with van der Waals surface area (Å²) in [5, 5.41) is 18.8. The maximum Gasteiger partial charge on any atom is 0.278 e. The van der Waals surface area contributed by atoms with Crippen molar-refractivity contribution >= 4 is 34.3 Å². The molecule has 0 aliphatic rings. The predicted octanol–water partition coefficient (Wildman–Crippen LogP) is 3.40. The summed E-state index contributed by atoms with van der Waals surface area (Å²) >= 11 is 7.43. The Morgan fingerprint density at radius 2 is 1.80 bits per heavy atom. The second kappa shape index (κ2) is 8.55. The van der Waals surface area contributed by atoms with Gasteiger partial charge in [0.1, 0.15) is 5.52 Å². The van der Waals surface area contributed by atoms with Crippen molar-refractivity contribution in [1.82, 2.24) is 34.7 Å². The molecule has 4 aromatic rings. The Morgan fingerprint density at radius 3 is 2.53 bits per heavy atom. The Labute approximate surface area is 182 Å². The van der Waals surface area contributed by atoms with Crippen LogP contribution in [0.4, 0.5) is 0 Å². The van der Waals surface area contributed by atoms with Gasteiger partial charge < -0.3 is 0 Å². The Balaban J connectivity index is 1.70. The predicted molar refractivity (Wildman–Crippen MR) is 118 cm³/mol. The van der Waals surface area contributed by atoms with Crippen molar-refractivity contribution in [2.75, 3.05) is 14.1 Å². The third-order valence-electron chi connectivity index (χ3n) is 4.84. The van der Waals surface area contributed by atoms with Gasteiger partial charge in [0.15, 0.2) is 11.0 Å². The molecule has 2 heterocycles. The van der Waals surface area contributed by atoms with Gasteiger partial charge in [-0.3, -0.25) is 14.3 Å². The second-order valence-electron chi connectivity index (χ2n) is 6.98. The van der Waals surface area contributed by atoms with E-state index >= 15 is 0 Å². The first-order chi connectivity index (χ1) is 14.5. The minimum absolute atomic E-state index is 0.0331. The third-order valence-corrected chi connectivity index (χ3v) is 5.98. The molecule has 8 nitrogen and oxygen atoms in total. The largest absolute Gasteiger partial charge is 0.300 e. The van der Waals surface area contributed by atoms with Crippen molar-refractivity contribution in [3.8, 4) is 5.69 Å². The summed E-state index contributed by atoms with van der Waals surface area (Å²) in [7, 11) is 3.98. The molecular formula is C20H20ClN7OS. The number of aromatic nitrogens is 6. The van der Waals surface area contributed by atoms with Crippen LogP contribution < -0.4 is 5.56 Å². The van der Waals surface area contributed by atoms with E-state index in [0.29, 0.717) is 21.1 Å². The van der Waals surface area contributed by atoms with Gasteiger partial charge in [-0.1, -0.05) is 40.7 Å². The normalized spacial score (nSPS) is 12.6. The van der Waals surface area contributed by atoms with E-state index in [1.165, 1.54) is 16.4 Å². The van der Waals surface area contributed by atoms with Crippen LogP contribution in [0.2, 0.25) is 5.02 Å². The van der Waals surface area contributed by atoms with Gasteiger partial charge >= 0.3 is 0 Å². The molecule has 2 aromatic heterocycles. The van der Waals surface area contributed by atoms with Crippen LogP contribution in [0.3, 0.4) is 0 Å². The summed E-state index contributed by atoms with van der Waals surface area (Å²) in [6.45, 7) is 2.06. The highest BCUT2D eigenvalue weighted by molar-refractivity contribution is 7.98. The molecule has 30 heavy (non-hydrogen) atoms. The second-order valence-corrected chi connectivity index (χ2v) is 8.33. The zero-order valence-electron chi connectivity index (χ0n) is 16.7. The number of halogens is 1. The first kappa shape index (κ1) is 20.5. The minimum Gasteiger partial charge on any atom is -0.300 e. The number of hydrogen-bond donors (Lipinski definition) is 0. The molecule has 0 unspecified atom stereocenters. The third kappa shape index (κ3) is 3.96. The summed E-state index contributed by atoms with van der Waals surface area (Å²) in [6.07, 6.45) is 0. The van der Waals surface area contributed by atoms with Gasteiger partial charge in [-0.25, -0.2) is 0 Å². The molecule has 0 saturated heterocycles. The zero-order chi connectivity index (χ0) is 21.3. The Morgan fingerprint density at radius 1 is 1.07 bits per heavy atom. The fourth-order valence-electron chi connectivity index (χ4n) is 2.94. The maximum absolute atomic E-state index is 12.7. The number of hydrogen-bond acceptors (Lipinski definition) is 7. The van der Waals surface area contributed by atoms with Gasteiger partial charge in [-0.05, 0) is 57.4 Å². The van der Waals surface area contributed by atoms with Crippen molar-refractivity contribution in [1.29, 1.82) is 0 Å². The molecule has 4 rings (SSSR count). The first-order valence-electron chi connectivity index (χ1n) is 9.28. The smallest absolute Gasteiger partial charge is 0.278 e. The number of rotatable bonds is 6. The molecule has 0 aliphatic heterocycles. The van der Waals surface area contributed by atoms with Gasteiger partial charge in [-0.15, -0.1) is 15.3 Å². The standard InChI is InChI=1S/C20H20ClN7OS/c1-13(26(2)3)18-23-24-20(28(18)15-10-8-14(21)9-11-15)30-12-27-19(29)16-6-4-5-7-17(16)22-25-27/h4-11,13H,12H2,1-3H3/t13-/m1/s1. The minimum atomic E-state index is -0.187. The van der Waals surface area contributed by atoms with Gasteiger partial charge in [-0.2, -0.15) is 4.68 Å². The lowest BCUT2D eigenvalue weighted by Crippen LogP contribution is -2.23. The number of fused-ring (bicyclic) bond motifs is 1. The number of benzene rings is 2. The van der Waals surface area contributed by atoms with E-state index < -0.39 is 0 Å². The monoisotopic (exact) mass is 441 g/mol. The molecule has 154 valence electrons. The van der Waals surface area contributed by atoms with Crippen molar-refractivity contribution in [3.63, 3.8) is 0 Å². The average Bonchev–Trinajstić information content (AvgIpc) is 3.17. The lowest BCUT2D eigenvalue weighted by atomic mass is 10.2. The van der Waals surface area contributed by atoms with Crippen LogP contribution in [0.5, 0.6) is 0 Å². The van der Waals surface area contributed by atoms with E-state index in [4.69, 9.17) is 11.6 Å². The van der Waals surface area contributed by atoms with E-state index in [0.717, 1.165) is 11.5 Å². The van der Waals surface area contributed by atoms with Crippen LogP contribution in [0.15, 0.2) is 58.5 Å². The highest BCUT2D eigenvalue weighted by Crippen LogP contribution is 2.28. The van der Waals surface area contributed by atoms with Crippen molar-refractivity contribution in [2.24, 2.45) is 0 Å². The van der Waals surface area contributed by atoms with Crippen LogP contribution in [-0.4, -0.2) is 48.8 Å².